The summed E-state index contributed by atoms with van der Waals surface area (Å²) < 4.78 is 26.4. The smallest absolute Gasteiger partial charge is 0.462 e. The van der Waals surface area contributed by atoms with E-state index in [9.17, 15) is 14.2 Å². The minimum Gasteiger partial charge on any atom is -0.462 e. The van der Waals surface area contributed by atoms with Gasteiger partial charge >= 0.3 is 19.8 Å². The van der Waals surface area contributed by atoms with Crippen molar-refractivity contribution in [1.29, 1.82) is 0 Å². The van der Waals surface area contributed by atoms with Gasteiger partial charge in [-0.25, -0.2) is 4.57 Å². The maximum absolute atomic E-state index is 12.4. The first-order valence-electron chi connectivity index (χ1n) is 22.6. The van der Waals surface area contributed by atoms with Gasteiger partial charge in [-0.05, 0) is 44.9 Å². The second kappa shape index (κ2) is 41.2. The Morgan fingerprint density at radius 1 is 0.481 bits per heavy atom. The van der Waals surface area contributed by atoms with E-state index in [1.165, 1.54) is 148 Å². The van der Waals surface area contributed by atoms with Crippen LogP contribution < -0.4 is 0 Å². The largest absolute Gasteiger partial charge is 0.469 e. The van der Waals surface area contributed by atoms with E-state index in [-0.39, 0.29) is 19.4 Å². The van der Waals surface area contributed by atoms with Crippen LogP contribution in [-0.4, -0.2) is 41.0 Å². The van der Waals surface area contributed by atoms with Gasteiger partial charge in [0, 0.05) is 12.8 Å². The summed E-state index contributed by atoms with van der Waals surface area (Å²) in [7, 11) is -4.75. The molecule has 318 valence electrons. The topological polar surface area (TPSA) is 119 Å². The van der Waals surface area contributed by atoms with Gasteiger partial charge in [0.25, 0.3) is 0 Å². The van der Waals surface area contributed by atoms with Crippen LogP contribution in [0.5, 0.6) is 0 Å². The molecule has 8 nitrogen and oxygen atoms in total. The Bertz CT molecular complexity index is 931. The van der Waals surface area contributed by atoms with Crippen molar-refractivity contribution >= 4 is 19.8 Å². The van der Waals surface area contributed by atoms with Crippen molar-refractivity contribution in [1.82, 2.24) is 0 Å². The zero-order valence-electron chi connectivity index (χ0n) is 35.1. The summed E-state index contributed by atoms with van der Waals surface area (Å²) in [6, 6.07) is 0. The van der Waals surface area contributed by atoms with Crippen molar-refractivity contribution in [3.63, 3.8) is 0 Å². The SMILES string of the molecule is CCCCCCC/C=C\C/C=C\CCCCCCCCCCCC(=O)OC(COC(=O)CCCCCCCCCCCCCCCCC)COP(=O)(O)O. The van der Waals surface area contributed by atoms with E-state index in [2.05, 4.69) is 42.7 Å². The molecule has 1 unspecified atom stereocenters. The highest BCUT2D eigenvalue weighted by Gasteiger charge is 2.23. The van der Waals surface area contributed by atoms with E-state index in [4.69, 9.17) is 19.3 Å². The molecular weight excluding hydrogens is 699 g/mol. The second-order valence-electron chi connectivity index (χ2n) is 15.4. The lowest BCUT2D eigenvalue weighted by atomic mass is 10.0. The number of unbranched alkanes of at least 4 members (excludes halogenated alkanes) is 28. The molecule has 1 atom stereocenters. The maximum Gasteiger partial charge on any atom is 0.469 e. The number of carbonyl (C=O) groups excluding carboxylic acids is 2. The van der Waals surface area contributed by atoms with Crippen molar-refractivity contribution in [3.05, 3.63) is 24.3 Å². The Hall–Kier alpha value is -1.47. The van der Waals surface area contributed by atoms with Crippen molar-refractivity contribution in [2.24, 2.45) is 0 Å². The van der Waals surface area contributed by atoms with Crippen LogP contribution in [0.2, 0.25) is 0 Å². The van der Waals surface area contributed by atoms with Crippen LogP contribution in [0.4, 0.5) is 0 Å². The Morgan fingerprint density at radius 3 is 1.22 bits per heavy atom. The van der Waals surface area contributed by atoms with E-state index < -0.39 is 32.5 Å². The summed E-state index contributed by atoms with van der Waals surface area (Å²) in [4.78, 5) is 42.9. The van der Waals surface area contributed by atoms with Gasteiger partial charge in [0.1, 0.15) is 6.61 Å². The molecule has 0 rings (SSSR count). The molecule has 0 heterocycles. The summed E-state index contributed by atoms with van der Waals surface area (Å²) in [5, 5.41) is 0. The average molecular weight is 785 g/mol. The number of hydrogen-bond acceptors (Lipinski definition) is 6. The predicted molar refractivity (Wildman–Crippen MR) is 225 cm³/mol. The molecule has 0 aliphatic rings. The number of ether oxygens (including phenoxy) is 2. The van der Waals surface area contributed by atoms with E-state index in [1.807, 2.05) is 0 Å². The number of phosphoric acid groups is 1. The second-order valence-corrected chi connectivity index (χ2v) is 16.6. The highest BCUT2D eigenvalue weighted by molar-refractivity contribution is 7.46. The first-order chi connectivity index (χ1) is 26.3. The fraction of sp³-hybridized carbons (Fsp3) is 0.867. The third-order valence-corrected chi connectivity index (χ3v) is 10.5. The van der Waals surface area contributed by atoms with Crippen molar-refractivity contribution in [3.8, 4) is 0 Å². The van der Waals surface area contributed by atoms with Gasteiger partial charge in [0.2, 0.25) is 0 Å². The minimum absolute atomic E-state index is 0.210. The number of carbonyl (C=O) groups is 2. The number of rotatable bonds is 42. The number of phosphoric ester groups is 1. The molecule has 0 bridgehead atoms. The lowest BCUT2D eigenvalue weighted by Crippen LogP contribution is -2.29. The van der Waals surface area contributed by atoms with E-state index in [1.54, 1.807) is 0 Å². The standard InChI is InChI=1S/C45H85O8P/c1-3-5-7-9-11-13-15-17-19-20-21-22-23-24-26-28-30-32-34-36-38-40-45(47)53-43(42-52-54(48,49)50)41-51-44(46)39-37-35-33-31-29-27-25-18-16-14-12-10-8-6-4-2/h15,17,20-21,43H,3-14,16,18-19,22-42H2,1-2H3,(H2,48,49,50)/b17-15-,21-20-. The van der Waals surface area contributed by atoms with Gasteiger partial charge in [0.05, 0.1) is 6.61 Å². The summed E-state index contributed by atoms with van der Waals surface area (Å²) in [6.45, 7) is 3.70. The summed E-state index contributed by atoms with van der Waals surface area (Å²) in [6.07, 6.45) is 47.5. The average Bonchev–Trinajstić information content (AvgIpc) is 3.14. The summed E-state index contributed by atoms with van der Waals surface area (Å²) in [5.41, 5.74) is 0. The highest BCUT2D eigenvalue weighted by Crippen LogP contribution is 2.36. The monoisotopic (exact) mass is 785 g/mol. The summed E-state index contributed by atoms with van der Waals surface area (Å²) in [5.74, 6) is -0.878. The molecule has 0 aromatic rings. The van der Waals surface area contributed by atoms with Crippen LogP contribution in [0.25, 0.3) is 0 Å². The molecule has 0 saturated heterocycles. The number of allylic oxidation sites excluding steroid dienone is 4. The van der Waals surface area contributed by atoms with Crippen LogP contribution in [0, 0.1) is 0 Å². The molecule has 2 N–H and O–H groups in total. The van der Waals surface area contributed by atoms with E-state index in [0.717, 1.165) is 51.4 Å². The molecule has 0 spiro atoms. The molecular formula is C45H85O8P. The van der Waals surface area contributed by atoms with E-state index in [0.29, 0.717) is 6.42 Å². The quantitative estimate of drug-likeness (QED) is 0.0272. The van der Waals surface area contributed by atoms with Crippen molar-refractivity contribution < 1.29 is 37.9 Å². The van der Waals surface area contributed by atoms with E-state index >= 15 is 0 Å². The Morgan fingerprint density at radius 2 is 0.833 bits per heavy atom. The Labute approximate surface area is 332 Å². The fourth-order valence-electron chi connectivity index (χ4n) is 6.58. The van der Waals surface area contributed by atoms with Crippen LogP contribution in [-0.2, 0) is 28.2 Å². The van der Waals surface area contributed by atoms with Gasteiger partial charge in [0.15, 0.2) is 6.10 Å². The van der Waals surface area contributed by atoms with Gasteiger partial charge in [-0.1, -0.05) is 199 Å². The zero-order chi connectivity index (χ0) is 39.6. The van der Waals surface area contributed by atoms with Gasteiger partial charge in [-0.15, -0.1) is 0 Å². The van der Waals surface area contributed by atoms with Crippen LogP contribution >= 0.6 is 7.82 Å². The first-order valence-corrected chi connectivity index (χ1v) is 24.2. The number of hydrogen-bond donors (Lipinski definition) is 2. The lowest BCUT2D eigenvalue weighted by molar-refractivity contribution is -0.161. The van der Waals surface area contributed by atoms with Gasteiger partial charge in [-0.2, -0.15) is 0 Å². The van der Waals surface area contributed by atoms with Crippen LogP contribution in [0.15, 0.2) is 24.3 Å². The molecule has 0 aliphatic heterocycles. The van der Waals surface area contributed by atoms with Gasteiger partial charge < -0.3 is 19.3 Å². The molecule has 0 aromatic carbocycles. The third-order valence-electron chi connectivity index (χ3n) is 9.97. The molecule has 0 fully saturated rings. The Kier molecular flexibility index (Phi) is 40.1. The zero-order valence-corrected chi connectivity index (χ0v) is 36.0. The fourth-order valence-corrected chi connectivity index (χ4v) is 6.94. The molecule has 0 amide bonds. The number of esters is 2. The summed E-state index contributed by atoms with van der Waals surface area (Å²) >= 11 is 0. The lowest BCUT2D eigenvalue weighted by Gasteiger charge is -2.18. The molecule has 0 aromatic heterocycles. The molecule has 54 heavy (non-hydrogen) atoms. The van der Waals surface area contributed by atoms with Gasteiger partial charge in [-0.3, -0.25) is 14.1 Å². The van der Waals surface area contributed by atoms with Crippen molar-refractivity contribution in [2.75, 3.05) is 13.2 Å². The predicted octanol–water partition coefficient (Wildman–Crippen LogP) is 14.0. The normalized spacial score (nSPS) is 12.6. The molecule has 9 heteroatoms. The minimum atomic E-state index is -4.75. The van der Waals surface area contributed by atoms with Crippen molar-refractivity contribution in [2.45, 2.75) is 238 Å². The third kappa shape index (κ3) is 43.3. The first kappa shape index (κ1) is 52.5. The van der Waals surface area contributed by atoms with Crippen LogP contribution in [0.1, 0.15) is 232 Å². The van der Waals surface area contributed by atoms with Crippen LogP contribution in [0.3, 0.4) is 0 Å². The Balaban J connectivity index is 3.86. The highest BCUT2D eigenvalue weighted by atomic mass is 31.2. The maximum atomic E-state index is 12.4. The molecule has 0 saturated carbocycles. The molecule has 0 aliphatic carbocycles. The molecule has 0 radical (unpaired) electrons.